The molecule has 0 amide bonds. The summed E-state index contributed by atoms with van der Waals surface area (Å²) in [4.78, 5) is 0.911. The number of halogens is 1. The Kier molecular flexibility index (Phi) is 5.35. The van der Waals surface area contributed by atoms with Gasteiger partial charge >= 0.3 is 0 Å². The molecule has 0 aliphatic heterocycles. The lowest BCUT2D eigenvalue weighted by Gasteiger charge is -2.31. The summed E-state index contributed by atoms with van der Waals surface area (Å²) in [5, 5.41) is 0. The zero-order chi connectivity index (χ0) is 14.4. The van der Waals surface area contributed by atoms with E-state index in [1.54, 1.807) is 0 Å². The van der Waals surface area contributed by atoms with Crippen LogP contribution in [0.15, 0.2) is 59.5 Å². The van der Waals surface area contributed by atoms with Crippen molar-refractivity contribution < 1.29 is 4.74 Å². The number of benzene rings is 2. The Hall–Kier alpha value is -1.16. The van der Waals surface area contributed by atoms with Crippen molar-refractivity contribution in [2.45, 2.75) is 23.8 Å². The van der Waals surface area contributed by atoms with Gasteiger partial charge in [0.1, 0.15) is 11.4 Å². The lowest BCUT2D eigenvalue weighted by molar-refractivity contribution is 0.0763. The van der Waals surface area contributed by atoms with Crippen LogP contribution in [0.25, 0.3) is 0 Å². The van der Waals surface area contributed by atoms with E-state index in [1.807, 2.05) is 42.5 Å². The molecule has 0 saturated carbocycles. The summed E-state index contributed by atoms with van der Waals surface area (Å²) in [6.07, 6.45) is 0.734. The second kappa shape index (κ2) is 7.02. The van der Waals surface area contributed by atoms with Gasteiger partial charge in [-0.15, -0.1) is 0 Å². The maximum Gasteiger partial charge on any atom is 0.135 e. The van der Waals surface area contributed by atoms with Crippen molar-refractivity contribution in [3.63, 3.8) is 0 Å². The van der Waals surface area contributed by atoms with E-state index in [0.717, 1.165) is 22.6 Å². The van der Waals surface area contributed by atoms with Crippen LogP contribution in [0.1, 0.15) is 18.9 Å². The highest BCUT2D eigenvalue weighted by Crippen LogP contribution is 2.37. The number of hydrogen-bond donors (Lipinski definition) is 1. The second-order valence-corrected chi connectivity index (χ2v) is 5.82. The van der Waals surface area contributed by atoms with Gasteiger partial charge in [-0.2, -0.15) is 0 Å². The molecule has 0 aliphatic carbocycles. The van der Waals surface area contributed by atoms with Gasteiger partial charge in [-0.1, -0.05) is 42.5 Å². The fraction of sp³-hybridized carbons (Fsp3) is 0.250. The molecule has 2 aromatic carbocycles. The molecule has 0 heterocycles. The first-order valence-electron chi connectivity index (χ1n) is 6.52. The van der Waals surface area contributed by atoms with Gasteiger partial charge in [-0.3, -0.25) is 0 Å². The number of hydrogen-bond acceptors (Lipinski definition) is 3. The first-order chi connectivity index (χ1) is 9.69. The number of nitrogens with two attached hydrogens (primary N) is 1. The van der Waals surface area contributed by atoms with Crippen LogP contribution in [0.5, 0.6) is 5.75 Å². The first kappa shape index (κ1) is 15.2. The molecule has 2 N–H and O–H groups in total. The minimum absolute atomic E-state index is 0.460. The standard InChI is InChI=1S/C16H18ClNOS/c1-16(11-12-18,13-7-3-2-4-8-13)19-14-9-5-6-10-15(14)20-17/h2-10H,11-12,18H2,1H3. The van der Waals surface area contributed by atoms with Crippen LogP contribution in [0.4, 0.5) is 0 Å². The van der Waals surface area contributed by atoms with Crippen LogP contribution >= 0.6 is 21.7 Å². The van der Waals surface area contributed by atoms with Crippen LogP contribution in [0.2, 0.25) is 0 Å². The predicted molar refractivity (Wildman–Crippen MR) is 86.2 cm³/mol. The maximum atomic E-state index is 6.27. The largest absolute Gasteiger partial charge is 0.482 e. The van der Waals surface area contributed by atoms with Gasteiger partial charge in [-0.25, -0.2) is 0 Å². The summed E-state index contributed by atoms with van der Waals surface area (Å²) in [5.74, 6) is 0.785. The fourth-order valence-corrected chi connectivity index (χ4v) is 2.86. The van der Waals surface area contributed by atoms with Crippen LogP contribution in [-0.4, -0.2) is 6.54 Å². The Morgan fingerprint density at radius 2 is 1.75 bits per heavy atom. The third kappa shape index (κ3) is 3.48. The molecule has 2 rings (SSSR count). The van der Waals surface area contributed by atoms with Crippen LogP contribution in [0.3, 0.4) is 0 Å². The minimum Gasteiger partial charge on any atom is -0.482 e. The third-order valence-corrected chi connectivity index (χ3v) is 4.28. The van der Waals surface area contributed by atoms with Gasteiger partial charge in [0.15, 0.2) is 0 Å². The summed E-state index contributed by atoms with van der Waals surface area (Å²) in [7, 11) is 7.06. The van der Waals surface area contributed by atoms with Crippen LogP contribution in [-0.2, 0) is 5.60 Å². The Balaban J connectivity index is 2.34. The fourth-order valence-electron chi connectivity index (χ4n) is 2.16. The van der Waals surface area contributed by atoms with E-state index in [4.69, 9.17) is 21.2 Å². The minimum atomic E-state index is -0.460. The molecule has 106 valence electrons. The normalized spacial score (nSPS) is 13.8. The number of rotatable bonds is 6. The lowest BCUT2D eigenvalue weighted by Crippen LogP contribution is -2.32. The molecule has 0 bridgehead atoms. The molecular weight excluding hydrogens is 290 g/mol. The van der Waals surface area contributed by atoms with Gasteiger partial charge in [0.05, 0.1) is 4.90 Å². The highest BCUT2D eigenvalue weighted by atomic mass is 35.7. The Morgan fingerprint density at radius 1 is 1.10 bits per heavy atom. The topological polar surface area (TPSA) is 35.2 Å². The van der Waals surface area contributed by atoms with Crippen molar-refractivity contribution in [1.29, 1.82) is 0 Å². The van der Waals surface area contributed by atoms with E-state index in [-0.39, 0.29) is 0 Å². The summed E-state index contributed by atoms with van der Waals surface area (Å²) in [5.41, 5.74) is 6.42. The third-order valence-electron chi connectivity index (χ3n) is 3.27. The number of para-hydroxylation sites is 1. The van der Waals surface area contributed by atoms with E-state index in [1.165, 1.54) is 11.0 Å². The highest BCUT2D eigenvalue weighted by Gasteiger charge is 2.28. The van der Waals surface area contributed by atoms with E-state index in [9.17, 15) is 0 Å². The zero-order valence-electron chi connectivity index (χ0n) is 11.4. The van der Waals surface area contributed by atoms with Crippen LogP contribution in [0, 0.1) is 0 Å². The number of ether oxygens (including phenoxy) is 1. The molecule has 0 aliphatic rings. The molecule has 2 nitrogen and oxygen atoms in total. The molecule has 1 atom stereocenters. The monoisotopic (exact) mass is 307 g/mol. The van der Waals surface area contributed by atoms with E-state index in [2.05, 4.69) is 19.1 Å². The molecule has 0 spiro atoms. The summed E-state index contributed by atoms with van der Waals surface area (Å²) < 4.78 is 6.27. The van der Waals surface area contributed by atoms with Crippen molar-refractivity contribution in [2.75, 3.05) is 6.54 Å². The van der Waals surface area contributed by atoms with Crippen molar-refractivity contribution in [2.24, 2.45) is 5.73 Å². The second-order valence-electron chi connectivity index (χ2n) is 4.76. The van der Waals surface area contributed by atoms with Crippen molar-refractivity contribution in [1.82, 2.24) is 0 Å². The molecule has 0 radical (unpaired) electrons. The smallest absolute Gasteiger partial charge is 0.135 e. The molecule has 4 heteroatoms. The van der Waals surface area contributed by atoms with Gasteiger partial charge in [0, 0.05) is 6.42 Å². The Bertz CT molecular complexity index is 549. The van der Waals surface area contributed by atoms with Gasteiger partial charge < -0.3 is 10.5 Å². The van der Waals surface area contributed by atoms with E-state index in [0.29, 0.717) is 6.54 Å². The molecule has 0 aromatic heterocycles. The van der Waals surface area contributed by atoms with Crippen molar-refractivity contribution >= 4 is 21.7 Å². The van der Waals surface area contributed by atoms with Gasteiger partial charge in [0.25, 0.3) is 0 Å². The van der Waals surface area contributed by atoms with Gasteiger partial charge in [-0.05, 0) is 52.8 Å². The molecule has 20 heavy (non-hydrogen) atoms. The Labute approximate surface area is 128 Å². The van der Waals surface area contributed by atoms with E-state index < -0.39 is 5.60 Å². The zero-order valence-corrected chi connectivity index (χ0v) is 13.0. The average molecular weight is 308 g/mol. The summed E-state index contributed by atoms with van der Waals surface area (Å²) in [6.45, 7) is 2.62. The summed E-state index contributed by atoms with van der Waals surface area (Å²) >= 11 is 0. The molecule has 0 saturated heterocycles. The predicted octanol–water partition coefficient (Wildman–Crippen LogP) is 4.58. The van der Waals surface area contributed by atoms with Crippen LogP contribution < -0.4 is 10.5 Å². The van der Waals surface area contributed by atoms with E-state index >= 15 is 0 Å². The lowest BCUT2D eigenvalue weighted by atomic mass is 9.92. The quantitative estimate of drug-likeness (QED) is 0.848. The maximum absolute atomic E-state index is 6.27. The molecular formula is C16H18ClNOS. The van der Waals surface area contributed by atoms with Crippen molar-refractivity contribution in [3.05, 3.63) is 60.2 Å². The molecule has 2 aromatic rings. The van der Waals surface area contributed by atoms with Crippen molar-refractivity contribution in [3.8, 4) is 5.75 Å². The summed E-state index contributed by atoms with van der Waals surface area (Å²) in [6, 6.07) is 17.9. The van der Waals surface area contributed by atoms with Gasteiger partial charge in [0.2, 0.25) is 0 Å². The SMILES string of the molecule is CC(CCN)(Oc1ccccc1SCl)c1ccccc1. The first-order valence-corrected chi connectivity index (χ1v) is 8.16. The highest BCUT2D eigenvalue weighted by molar-refractivity contribution is 8.21. The molecule has 0 fully saturated rings. The average Bonchev–Trinajstić information content (AvgIpc) is 2.49. The Morgan fingerprint density at radius 3 is 2.40 bits per heavy atom. The molecule has 1 unspecified atom stereocenters.